The molecule has 3 aromatic rings. The number of β-lactam (4-membered cyclic amide) rings is 1. The number of imide groups is 1. The Morgan fingerprint density at radius 3 is 2.07 bits per heavy atom. The summed E-state index contributed by atoms with van der Waals surface area (Å²) in [4.78, 5) is 42.5. The number of halogens is 5. The molecular weight excluding hydrogens is 559 g/mol. The summed E-state index contributed by atoms with van der Waals surface area (Å²) in [5, 5.41) is 3.10. The van der Waals surface area contributed by atoms with Gasteiger partial charge in [-0.2, -0.15) is 13.2 Å². The topological polar surface area (TPSA) is 73.0 Å². The van der Waals surface area contributed by atoms with Gasteiger partial charge in [-0.3, -0.25) is 9.59 Å². The van der Waals surface area contributed by atoms with Crippen LogP contribution in [-0.4, -0.2) is 34.8 Å². The Balaban J connectivity index is 1.40. The Hall–Kier alpha value is -4.48. The molecule has 3 aromatic carbocycles. The van der Waals surface area contributed by atoms with Crippen LogP contribution in [0.2, 0.25) is 0 Å². The van der Waals surface area contributed by atoms with Gasteiger partial charge in [-0.05, 0) is 87.9 Å². The number of nitrogens with zero attached hydrogens (tertiary/aromatic N) is 3. The Labute approximate surface area is 238 Å². The highest BCUT2D eigenvalue weighted by atomic mass is 19.4. The highest BCUT2D eigenvalue weighted by Crippen LogP contribution is 2.39. The molecule has 0 spiro atoms. The van der Waals surface area contributed by atoms with Crippen molar-refractivity contribution in [3.63, 3.8) is 0 Å². The maximum Gasteiger partial charge on any atom is 0.419 e. The smallest absolute Gasteiger partial charge is 0.355 e. The number of anilines is 4. The van der Waals surface area contributed by atoms with Crippen LogP contribution in [-0.2, 0) is 22.3 Å². The number of urea groups is 1. The fourth-order valence-electron chi connectivity index (χ4n) is 5.07. The zero-order valence-corrected chi connectivity index (χ0v) is 23.1. The van der Waals surface area contributed by atoms with Gasteiger partial charge in [0.2, 0.25) is 5.91 Å². The molecule has 0 aliphatic carbocycles. The third kappa shape index (κ3) is 4.94. The van der Waals surface area contributed by atoms with Crippen molar-refractivity contribution in [2.75, 3.05) is 21.7 Å². The van der Waals surface area contributed by atoms with Gasteiger partial charge in [0.25, 0.3) is 5.91 Å². The number of carbonyl (C=O) groups excluding carboxylic acids is 3. The number of rotatable bonds is 6. The van der Waals surface area contributed by atoms with Gasteiger partial charge in [0, 0.05) is 23.6 Å². The lowest BCUT2D eigenvalue weighted by Crippen LogP contribution is -2.58. The molecule has 42 heavy (non-hydrogen) atoms. The molecule has 2 heterocycles. The van der Waals surface area contributed by atoms with Crippen molar-refractivity contribution in [1.82, 2.24) is 4.90 Å². The molecule has 2 fully saturated rings. The minimum Gasteiger partial charge on any atom is -0.355 e. The third-order valence-corrected chi connectivity index (χ3v) is 7.57. The van der Waals surface area contributed by atoms with Crippen LogP contribution in [0.5, 0.6) is 0 Å². The van der Waals surface area contributed by atoms with E-state index in [1.54, 1.807) is 29.2 Å². The fraction of sp³-hybridized carbons (Fsp3) is 0.300. The van der Waals surface area contributed by atoms with Crippen LogP contribution >= 0.6 is 0 Å². The Morgan fingerprint density at radius 1 is 0.833 bits per heavy atom. The zero-order valence-electron chi connectivity index (χ0n) is 23.1. The van der Waals surface area contributed by atoms with Crippen molar-refractivity contribution >= 4 is 40.6 Å². The van der Waals surface area contributed by atoms with E-state index < -0.39 is 52.0 Å². The summed E-state index contributed by atoms with van der Waals surface area (Å²) in [6.07, 6.45) is -5.03. The Morgan fingerprint density at radius 2 is 1.48 bits per heavy atom. The predicted octanol–water partition coefficient (Wildman–Crippen LogP) is 6.85. The molecule has 5 rings (SSSR count). The third-order valence-electron chi connectivity index (χ3n) is 7.57. The minimum absolute atomic E-state index is 0.00683. The quantitative estimate of drug-likeness (QED) is 0.195. The second kappa shape index (κ2) is 9.81. The van der Waals surface area contributed by atoms with E-state index in [9.17, 15) is 36.3 Å². The molecule has 2 saturated heterocycles. The molecule has 0 bridgehead atoms. The summed E-state index contributed by atoms with van der Waals surface area (Å²) in [7, 11) is 0. The molecule has 2 aliphatic heterocycles. The molecule has 4 amide bonds. The fourth-order valence-corrected chi connectivity index (χ4v) is 5.07. The van der Waals surface area contributed by atoms with Crippen LogP contribution in [0.3, 0.4) is 0 Å². The summed E-state index contributed by atoms with van der Waals surface area (Å²) in [6.45, 7) is 7.00. The average Bonchev–Trinajstić information content (AvgIpc) is 3.08. The summed E-state index contributed by atoms with van der Waals surface area (Å²) in [6, 6.07) is 11.8. The predicted molar refractivity (Wildman–Crippen MR) is 146 cm³/mol. The van der Waals surface area contributed by atoms with Gasteiger partial charge in [-0.1, -0.05) is 6.07 Å². The molecule has 0 radical (unpaired) electrons. The lowest BCUT2D eigenvalue weighted by Gasteiger charge is -2.44. The summed E-state index contributed by atoms with van der Waals surface area (Å²) >= 11 is 0. The van der Waals surface area contributed by atoms with Gasteiger partial charge in [0.05, 0.1) is 23.2 Å². The molecule has 7 nitrogen and oxygen atoms in total. The van der Waals surface area contributed by atoms with Gasteiger partial charge in [-0.25, -0.2) is 18.5 Å². The number of hydrogen-bond donors (Lipinski definition) is 1. The first-order valence-electron chi connectivity index (χ1n) is 13.0. The zero-order chi connectivity index (χ0) is 30.8. The Kier molecular flexibility index (Phi) is 6.78. The number of amides is 4. The van der Waals surface area contributed by atoms with Crippen LogP contribution in [0, 0.1) is 17.0 Å². The van der Waals surface area contributed by atoms with Gasteiger partial charge in [0.15, 0.2) is 0 Å². The van der Waals surface area contributed by atoms with E-state index in [2.05, 4.69) is 5.32 Å². The largest absolute Gasteiger partial charge is 0.419 e. The normalized spacial score (nSPS) is 18.0. The maximum atomic E-state index is 14.3. The van der Waals surface area contributed by atoms with Crippen LogP contribution in [0.1, 0.15) is 38.8 Å². The second-order valence-electron chi connectivity index (χ2n) is 11.5. The van der Waals surface area contributed by atoms with Crippen molar-refractivity contribution in [1.29, 1.82) is 0 Å². The van der Waals surface area contributed by atoms with Gasteiger partial charge >= 0.3 is 12.2 Å². The molecule has 12 heteroatoms. The number of benzene rings is 3. The standard InChI is InChI=1S/C30H27F5N4O3/c1-28(2)16-37(25(28)40)20-9-7-19(8-10-20)36-24-13-18(31)6-5-17(24)15-38-27(42)39(26(41)29(38,3)4)21-11-12-23(32)22(14-21)30(33,34)35/h5-14,36H,15-16H2,1-4H3. The molecule has 0 aromatic heterocycles. The first-order valence-corrected chi connectivity index (χ1v) is 13.0. The lowest BCUT2D eigenvalue weighted by atomic mass is 9.83. The number of hydrogen-bond acceptors (Lipinski definition) is 4. The monoisotopic (exact) mass is 586 g/mol. The number of carbonyl (C=O) groups is 3. The van der Waals surface area contributed by atoms with E-state index in [1.807, 2.05) is 13.8 Å². The lowest BCUT2D eigenvalue weighted by molar-refractivity contribution is -0.140. The highest BCUT2D eigenvalue weighted by Gasteiger charge is 2.52. The van der Waals surface area contributed by atoms with Gasteiger partial charge in [-0.15, -0.1) is 0 Å². The summed E-state index contributed by atoms with van der Waals surface area (Å²) in [5.41, 5.74) is -1.94. The summed E-state index contributed by atoms with van der Waals surface area (Å²) < 4.78 is 68.1. The van der Waals surface area contributed by atoms with E-state index in [0.29, 0.717) is 46.2 Å². The van der Waals surface area contributed by atoms with Crippen LogP contribution in [0.25, 0.3) is 0 Å². The number of nitrogens with one attached hydrogen (secondary N) is 1. The van der Waals surface area contributed by atoms with Gasteiger partial charge < -0.3 is 15.1 Å². The van der Waals surface area contributed by atoms with Crippen molar-refractivity contribution in [2.45, 2.75) is 46.0 Å². The maximum absolute atomic E-state index is 14.3. The molecule has 2 aliphatic rings. The van der Waals surface area contributed by atoms with E-state index in [4.69, 9.17) is 0 Å². The molecule has 220 valence electrons. The van der Waals surface area contributed by atoms with Gasteiger partial charge in [0.1, 0.15) is 17.2 Å². The first-order chi connectivity index (χ1) is 19.5. The summed E-state index contributed by atoms with van der Waals surface area (Å²) in [5.74, 6) is -2.89. The Bertz CT molecular complexity index is 1600. The highest BCUT2D eigenvalue weighted by molar-refractivity contribution is 6.23. The van der Waals surface area contributed by atoms with Crippen LogP contribution in [0.15, 0.2) is 60.7 Å². The SMILES string of the molecule is CC1(C)CN(c2ccc(Nc3cc(F)ccc3CN3C(=O)N(c4ccc(F)c(C(F)(F)F)c4)C(=O)C3(C)C)cc2)C1=O. The van der Waals surface area contributed by atoms with Crippen molar-refractivity contribution in [3.8, 4) is 0 Å². The van der Waals surface area contributed by atoms with E-state index in [0.717, 1.165) is 11.0 Å². The molecule has 0 saturated carbocycles. The van der Waals surface area contributed by atoms with E-state index in [1.165, 1.54) is 32.0 Å². The van der Waals surface area contributed by atoms with Crippen molar-refractivity contribution < 1.29 is 36.3 Å². The van der Waals surface area contributed by atoms with Crippen molar-refractivity contribution in [2.24, 2.45) is 5.41 Å². The first kappa shape index (κ1) is 29.0. The average molecular weight is 587 g/mol. The van der Waals surface area contributed by atoms with E-state index in [-0.39, 0.29) is 12.5 Å². The van der Waals surface area contributed by atoms with Crippen LogP contribution < -0.4 is 15.1 Å². The van der Waals surface area contributed by atoms with E-state index >= 15 is 0 Å². The second-order valence-corrected chi connectivity index (χ2v) is 11.5. The number of alkyl halides is 3. The van der Waals surface area contributed by atoms with Crippen LogP contribution in [0.4, 0.5) is 49.5 Å². The molecule has 0 unspecified atom stereocenters. The van der Waals surface area contributed by atoms with Crippen molar-refractivity contribution in [3.05, 3.63) is 83.4 Å². The molecular formula is C30H27F5N4O3. The molecule has 1 N–H and O–H groups in total. The molecule has 0 atom stereocenters. The minimum atomic E-state index is -5.03.